The minimum Gasteiger partial charge on any atom is -0.464 e. The number of rotatable bonds is 6. The molecular weight excluding hydrogens is 426 g/mol. The van der Waals surface area contributed by atoms with Crippen molar-refractivity contribution in [1.82, 2.24) is 9.21 Å². The van der Waals surface area contributed by atoms with Crippen LogP contribution in [0.25, 0.3) is 11.0 Å². The molecule has 1 saturated heterocycles. The molecule has 32 heavy (non-hydrogen) atoms. The summed E-state index contributed by atoms with van der Waals surface area (Å²) in [5.41, 5.74) is 4.41. The Morgan fingerprint density at radius 2 is 1.72 bits per heavy atom. The van der Waals surface area contributed by atoms with Crippen LogP contribution in [0.4, 0.5) is 5.69 Å². The Bertz CT molecular complexity index is 1220. The van der Waals surface area contributed by atoms with Gasteiger partial charge >= 0.3 is 0 Å². The summed E-state index contributed by atoms with van der Waals surface area (Å²) < 4.78 is 33.0. The van der Waals surface area contributed by atoms with Gasteiger partial charge in [0.2, 0.25) is 15.9 Å². The summed E-state index contributed by atoms with van der Waals surface area (Å²) in [5.74, 6) is -0.183. The number of amides is 1. The van der Waals surface area contributed by atoms with E-state index in [0.717, 1.165) is 47.3 Å². The number of hydrogen-bond acceptors (Lipinski definition) is 5. The fraction of sp³-hybridized carbons (Fsp3) is 0.375. The second kappa shape index (κ2) is 9.05. The molecule has 0 bridgehead atoms. The van der Waals surface area contributed by atoms with Crippen molar-refractivity contribution < 1.29 is 17.6 Å². The van der Waals surface area contributed by atoms with Crippen molar-refractivity contribution in [2.45, 2.75) is 32.1 Å². The highest BCUT2D eigenvalue weighted by molar-refractivity contribution is 7.89. The summed E-state index contributed by atoms with van der Waals surface area (Å²) in [6, 6.07) is 10.4. The van der Waals surface area contributed by atoms with Crippen LogP contribution in [-0.4, -0.2) is 56.3 Å². The highest BCUT2D eigenvalue weighted by Gasteiger charge is 2.28. The lowest BCUT2D eigenvalue weighted by Gasteiger charge is -2.33. The molecule has 170 valence electrons. The SMILES string of the molecule is CCN1CCN(S(=O)(=O)c2ccc(NC(=O)Cc3coc4c(C)c(C)ccc34)cc2)CC1. The third kappa shape index (κ3) is 4.44. The first-order valence-electron chi connectivity index (χ1n) is 10.9. The fourth-order valence-corrected chi connectivity index (χ4v) is 5.47. The minimum absolute atomic E-state index is 0.178. The summed E-state index contributed by atoms with van der Waals surface area (Å²) in [5, 5.41) is 3.78. The second-order valence-electron chi connectivity index (χ2n) is 8.23. The highest BCUT2D eigenvalue weighted by atomic mass is 32.2. The number of sulfonamides is 1. The molecule has 1 aromatic heterocycles. The summed E-state index contributed by atoms with van der Waals surface area (Å²) in [7, 11) is -3.53. The van der Waals surface area contributed by atoms with Crippen molar-refractivity contribution in [3.05, 3.63) is 59.4 Å². The third-order valence-electron chi connectivity index (χ3n) is 6.25. The van der Waals surface area contributed by atoms with Crippen molar-refractivity contribution >= 4 is 32.6 Å². The number of furan rings is 1. The van der Waals surface area contributed by atoms with E-state index in [4.69, 9.17) is 4.42 Å². The van der Waals surface area contributed by atoms with Gasteiger partial charge in [0.15, 0.2) is 0 Å². The van der Waals surface area contributed by atoms with E-state index in [-0.39, 0.29) is 17.2 Å². The number of fused-ring (bicyclic) bond motifs is 1. The zero-order valence-electron chi connectivity index (χ0n) is 18.7. The van der Waals surface area contributed by atoms with Crippen LogP contribution < -0.4 is 5.32 Å². The summed E-state index contributed by atoms with van der Waals surface area (Å²) in [6.45, 7) is 9.50. The topological polar surface area (TPSA) is 82.9 Å². The van der Waals surface area contributed by atoms with Gasteiger partial charge in [-0.1, -0.05) is 19.1 Å². The average molecular weight is 456 g/mol. The van der Waals surface area contributed by atoms with Crippen molar-refractivity contribution in [3.8, 4) is 0 Å². The maximum absolute atomic E-state index is 12.9. The number of carbonyl (C=O) groups is 1. The smallest absolute Gasteiger partial charge is 0.243 e. The van der Waals surface area contributed by atoms with E-state index in [1.165, 1.54) is 4.31 Å². The first-order valence-corrected chi connectivity index (χ1v) is 12.3. The molecule has 0 atom stereocenters. The monoisotopic (exact) mass is 455 g/mol. The second-order valence-corrected chi connectivity index (χ2v) is 10.2. The van der Waals surface area contributed by atoms with Crippen molar-refractivity contribution in [2.24, 2.45) is 0 Å². The maximum Gasteiger partial charge on any atom is 0.243 e. The van der Waals surface area contributed by atoms with Crippen LogP contribution in [0.2, 0.25) is 0 Å². The van der Waals surface area contributed by atoms with Crippen LogP contribution in [0.15, 0.2) is 52.0 Å². The van der Waals surface area contributed by atoms with Gasteiger partial charge in [0.1, 0.15) is 5.58 Å². The number of aryl methyl sites for hydroxylation is 2. The van der Waals surface area contributed by atoms with E-state index in [9.17, 15) is 13.2 Å². The van der Waals surface area contributed by atoms with Gasteiger partial charge in [-0.15, -0.1) is 0 Å². The van der Waals surface area contributed by atoms with E-state index in [0.29, 0.717) is 18.8 Å². The lowest BCUT2D eigenvalue weighted by molar-refractivity contribution is -0.115. The molecule has 1 N–H and O–H groups in total. The van der Waals surface area contributed by atoms with Gasteiger partial charge in [-0.3, -0.25) is 4.79 Å². The van der Waals surface area contributed by atoms with Gasteiger partial charge in [-0.05, 0) is 55.8 Å². The molecule has 1 aliphatic heterocycles. The molecule has 2 heterocycles. The Morgan fingerprint density at radius 3 is 2.38 bits per heavy atom. The molecule has 0 unspecified atom stereocenters. The van der Waals surface area contributed by atoms with Crippen LogP contribution in [0.1, 0.15) is 23.6 Å². The van der Waals surface area contributed by atoms with Crippen molar-refractivity contribution in [3.63, 3.8) is 0 Å². The molecule has 1 amide bonds. The highest BCUT2D eigenvalue weighted by Crippen LogP contribution is 2.27. The summed E-state index contributed by atoms with van der Waals surface area (Å²) >= 11 is 0. The minimum atomic E-state index is -3.53. The molecule has 7 nitrogen and oxygen atoms in total. The Balaban J connectivity index is 1.42. The van der Waals surface area contributed by atoms with E-state index < -0.39 is 10.0 Å². The van der Waals surface area contributed by atoms with Gasteiger partial charge in [0.25, 0.3) is 0 Å². The molecule has 1 fully saturated rings. The maximum atomic E-state index is 12.9. The molecule has 0 radical (unpaired) electrons. The Morgan fingerprint density at radius 1 is 1.03 bits per heavy atom. The number of piperazine rings is 1. The van der Waals surface area contributed by atoms with Crippen LogP contribution >= 0.6 is 0 Å². The van der Waals surface area contributed by atoms with Gasteiger partial charge in [0, 0.05) is 42.8 Å². The molecule has 1 aliphatic rings. The first kappa shape index (κ1) is 22.5. The van der Waals surface area contributed by atoms with Crippen molar-refractivity contribution in [1.29, 1.82) is 0 Å². The Kier molecular flexibility index (Phi) is 6.37. The number of nitrogens with one attached hydrogen (secondary N) is 1. The van der Waals surface area contributed by atoms with Crippen LogP contribution in [0.3, 0.4) is 0 Å². The van der Waals surface area contributed by atoms with Gasteiger partial charge < -0.3 is 14.6 Å². The molecule has 0 spiro atoms. The molecule has 2 aromatic carbocycles. The first-order chi connectivity index (χ1) is 15.3. The zero-order chi connectivity index (χ0) is 22.9. The van der Waals surface area contributed by atoms with E-state index in [1.807, 2.05) is 26.0 Å². The van der Waals surface area contributed by atoms with Crippen LogP contribution in [0, 0.1) is 13.8 Å². The van der Waals surface area contributed by atoms with Crippen molar-refractivity contribution in [2.75, 3.05) is 38.0 Å². The number of nitrogens with zero attached hydrogens (tertiary/aromatic N) is 2. The van der Waals surface area contributed by atoms with Gasteiger partial charge in [0.05, 0.1) is 17.6 Å². The third-order valence-corrected chi connectivity index (χ3v) is 8.16. The quantitative estimate of drug-likeness (QED) is 0.615. The number of hydrogen-bond donors (Lipinski definition) is 1. The summed E-state index contributed by atoms with van der Waals surface area (Å²) in [6.07, 6.45) is 1.81. The molecule has 8 heteroatoms. The van der Waals surface area contributed by atoms with E-state index >= 15 is 0 Å². The molecule has 0 saturated carbocycles. The Labute approximate surface area is 189 Å². The largest absolute Gasteiger partial charge is 0.464 e. The van der Waals surface area contributed by atoms with E-state index in [1.54, 1.807) is 30.5 Å². The lowest BCUT2D eigenvalue weighted by Crippen LogP contribution is -2.48. The number of likely N-dealkylation sites (N-methyl/N-ethyl adjacent to an activating group) is 1. The van der Waals surface area contributed by atoms with Crippen LogP contribution in [-0.2, 0) is 21.2 Å². The predicted molar refractivity (Wildman–Crippen MR) is 125 cm³/mol. The van der Waals surface area contributed by atoms with E-state index in [2.05, 4.69) is 17.1 Å². The van der Waals surface area contributed by atoms with Gasteiger partial charge in [-0.25, -0.2) is 8.42 Å². The average Bonchev–Trinajstić information content (AvgIpc) is 3.19. The number of benzene rings is 2. The fourth-order valence-electron chi connectivity index (χ4n) is 4.05. The molecule has 4 rings (SSSR count). The number of anilines is 1. The standard InChI is InChI=1S/C24H29N3O4S/c1-4-26-11-13-27(14-12-26)32(29,30)21-8-6-20(7-9-21)25-23(28)15-19-16-31-24-18(3)17(2)5-10-22(19)24/h5-10,16H,4,11-15H2,1-3H3,(H,25,28). The lowest BCUT2D eigenvalue weighted by atomic mass is 10.0. The summed E-state index contributed by atoms with van der Waals surface area (Å²) in [4.78, 5) is 15.1. The normalized spacial score (nSPS) is 15.8. The zero-order valence-corrected chi connectivity index (χ0v) is 19.5. The molecular formula is C24H29N3O4S. The number of carbonyl (C=O) groups excluding carboxylic acids is 1. The molecule has 0 aliphatic carbocycles. The van der Waals surface area contributed by atoms with Crippen LogP contribution in [0.5, 0.6) is 0 Å². The van der Waals surface area contributed by atoms with Gasteiger partial charge in [-0.2, -0.15) is 4.31 Å². The predicted octanol–water partition coefficient (Wildman–Crippen LogP) is 3.56. The Hall–Kier alpha value is -2.68. The molecule has 3 aromatic rings.